The van der Waals surface area contributed by atoms with Crippen LogP contribution in [-0.2, 0) is 6.18 Å². The van der Waals surface area contributed by atoms with Gasteiger partial charge in [-0.2, -0.15) is 18.3 Å². The Morgan fingerprint density at radius 3 is 2.44 bits per heavy atom. The van der Waals surface area contributed by atoms with Crippen LogP contribution in [0.25, 0.3) is 16.6 Å². The third-order valence-corrected chi connectivity index (χ3v) is 5.75. The van der Waals surface area contributed by atoms with Crippen LogP contribution in [0.1, 0.15) is 40.4 Å². The summed E-state index contributed by atoms with van der Waals surface area (Å²) in [6.45, 7) is 0. The van der Waals surface area contributed by atoms with Crippen molar-refractivity contribution in [3.8, 4) is 11.1 Å². The second-order valence-electron chi connectivity index (χ2n) is 7.96. The molecule has 3 aromatic heterocycles. The van der Waals surface area contributed by atoms with Crippen molar-refractivity contribution < 1.29 is 18.0 Å². The van der Waals surface area contributed by atoms with Gasteiger partial charge in [-0.15, -0.1) is 0 Å². The topological polar surface area (TPSA) is 50.5 Å². The number of carbonyl (C=O) groups excluding carboxylic acids is 1. The van der Waals surface area contributed by atoms with E-state index in [9.17, 15) is 18.0 Å². The fraction of sp³-hybridized carbons (Fsp3) is 0.208. The number of rotatable bonds is 4. The van der Waals surface area contributed by atoms with Gasteiger partial charge in [0, 0.05) is 42.3 Å². The summed E-state index contributed by atoms with van der Waals surface area (Å²) in [6, 6.07) is 12.2. The maximum atomic E-state index is 13.0. The van der Waals surface area contributed by atoms with Gasteiger partial charge in [0.05, 0.1) is 22.8 Å². The van der Waals surface area contributed by atoms with E-state index in [-0.39, 0.29) is 5.91 Å². The molecule has 5 nitrogen and oxygen atoms in total. The molecule has 0 saturated heterocycles. The SMILES string of the molecule is CN(C(=O)c1ccc(C2CC2)nc1)c1ccn2ncc(-c3ccc(C(F)(F)F)cc3)c2c1. The van der Waals surface area contributed by atoms with Gasteiger partial charge in [-0.05, 0) is 54.8 Å². The van der Waals surface area contributed by atoms with Crippen molar-refractivity contribution in [2.75, 3.05) is 11.9 Å². The predicted molar refractivity (Wildman–Crippen MR) is 115 cm³/mol. The Hall–Kier alpha value is -3.68. The smallest absolute Gasteiger partial charge is 0.311 e. The summed E-state index contributed by atoms with van der Waals surface area (Å²) in [6.07, 6.45) is 2.83. The van der Waals surface area contributed by atoms with E-state index in [0.717, 1.165) is 30.7 Å². The predicted octanol–water partition coefficient (Wildman–Crippen LogP) is 5.57. The van der Waals surface area contributed by atoms with E-state index in [4.69, 9.17) is 0 Å². The number of nitrogens with zero attached hydrogens (tertiary/aromatic N) is 4. The number of hydrogen-bond donors (Lipinski definition) is 0. The molecule has 0 radical (unpaired) electrons. The van der Waals surface area contributed by atoms with Crippen LogP contribution in [0, 0.1) is 0 Å². The third kappa shape index (κ3) is 3.72. The number of benzene rings is 1. The minimum atomic E-state index is -4.39. The molecule has 5 rings (SSSR count). The zero-order valence-electron chi connectivity index (χ0n) is 17.2. The summed E-state index contributed by atoms with van der Waals surface area (Å²) in [5, 5.41) is 4.28. The number of pyridine rings is 2. The largest absolute Gasteiger partial charge is 0.416 e. The maximum absolute atomic E-state index is 13.0. The minimum absolute atomic E-state index is 0.195. The Labute approximate surface area is 182 Å². The molecule has 32 heavy (non-hydrogen) atoms. The Kier molecular flexibility index (Phi) is 4.73. The second-order valence-corrected chi connectivity index (χ2v) is 7.96. The highest BCUT2D eigenvalue weighted by atomic mass is 19.4. The van der Waals surface area contributed by atoms with Crippen molar-refractivity contribution >= 4 is 17.1 Å². The number of halogens is 3. The average molecular weight is 436 g/mol. The van der Waals surface area contributed by atoms with Gasteiger partial charge in [-0.25, -0.2) is 4.52 Å². The van der Waals surface area contributed by atoms with Crippen molar-refractivity contribution in [2.45, 2.75) is 24.9 Å². The first kappa shape index (κ1) is 20.2. The molecule has 0 unspecified atom stereocenters. The van der Waals surface area contributed by atoms with Crippen LogP contribution in [-0.4, -0.2) is 27.6 Å². The number of hydrogen-bond acceptors (Lipinski definition) is 3. The molecule has 8 heteroatoms. The number of anilines is 1. The Balaban J connectivity index is 1.44. The number of aromatic nitrogens is 3. The molecular weight excluding hydrogens is 417 g/mol. The molecule has 1 saturated carbocycles. The van der Waals surface area contributed by atoms with E-state index >= 15 is 0 Å². The quantitative estimate of drug-likeness (QED) is 0.420. The van der Waals surface area contributed by atoms with E-state index in [1.165, 1.54) is 17.0 Å². The van der Waals surface area contributed by atoms with Crippen LogP contribution in [0.15, 0.2) is 67.1 Å². The first-order valence-electron chi connectivity index (χ1n) is 10.2. The zero-order chi connectivity index (χ0) is 22.5. The summed E-state index contributed by atoms with van der Waals surface area (Å²) in [7, 11) is 1.68. The molecule has 0 bridgehead atoms. The Bertz CT molecular complexity index is 1290. The number of fused-ring (bicyclic) bond motifs is 1. The number of carbonyl (C=O) groups is 1. The Morgan fingerprint density at radius 1 is 1.06 bits per heavy atom. The lowest BCUT2D eigenvalue weighted by molar-refractivity contribution is -0.137. The molecule has 0 spiro atoms. The van der Waals surface area contributed by atoms with Crippen molar-refractivity contribution in [3.05, 3.63) is 83.9 Å². The molecule has 1 aliphatic carbocycles. The average Bonchev–Trinajstić information content (AvgIpc) is 3.56. The van der Waals surface area contributed by atoms with Gasteiger partial charge < -0.3 is 4.90 Å². The van der Waals surface area contributed by atoms with Crippen LogP contribution in [0.2, 0.25) is 0 Å². The molecule has 0 aliphatic heterocycles. The van der Waals surface area contributed by atoms with Crippen LogP contribution >= 0.6 is 0 Å². The molecular formula is C24H19F3N4O. The van der Waals surface area contributed by atoms with Crippen LogP contribution in [0.3, 0.4) is 0 Å². The van der Waals surface area contributed by atoms with Crippen LogP contribution in [0.5, 0.6) is 0 Å². The van der Waals surface area contributed by atoms with Gasteiger partial charge in [-0.3, -0.25) is 9.78 Å². The highest BCUT2D eigenvalue weighted by Gasteiger charge is 2.30. The van der Waals surface area contributed by atoms with Crippen molar-refractivity contribution in [2.24, 2.45) is 0 Å². The summed E-state index contributed by atoms with van der Waals surface area (Å²) in [4.78, 5) is 18.9. The van der Waals surface area contributed by atoms with Crippen LogP contribution in [0.4, 0.5) is 18.9 Å². The third-order valence-electron chi connectivity index (χ3n) is 5.75. The molecule has 162 valence electrons. The van der Waals surface area contributed by atoms with Gasteiger partial charge in [-0.1, -0.05) is 12.1 Å². The minimum Gasteiger partial charge on any atom is -0.311 e. The van der Waals surface area contributed by atoms with Gasteiger partial charge in [0.25, 0.3) is 5.91 Å². The summed E-state index contributed by atoms with van der Waals surface area (Å²) >= 11 is 0. The van der Waals surface area contributed by atoms with E-state index in [1.807, 2.05) is 6.07 Å². The van der Waals surface area contributed by atoms with Crippen molar-refractivity contribution in [1.29, 1.82) is 0 Å². The highest BCUT2D eigenvalue weighted by Crippen LogP contribution is 2.38. The lowest BCUT2D eigenvalue weighted by atomic mass is 10.0. The molecule has 1 amide bonds. The molecule has 3 heterocycles. The molecule has 0 atom stereocenters. The lowest BCUT2D eigenvalue weighted by Gasteiger charge is -2.18. The second kappa shape index (κ2) is 7.47. The number of amides is 1. The summed E-state index contributed by atoms with van der Waals surface area (Å²) in [5.41, 5.74) is 3.42. The molecule has 4 aromatic rings. The fourth-order valence-corrected chi connectivity index (χ4v) is 3.70. The van der Waals surface area contributed by atoms with Crippen molar-refractivity contribution in [1.82, 2.24) is 14.6 Å². The first-order valence-corrected chi connectivity index (χ1v) is 10.2. The molecule has 1 fully saturated rings. The van der Waals surface area contributed by atoms with Crippen LogP contribution < -0.4 is 4.90 Å². The van der Waals surface area contributed by atoms with E-state index in [1.54, 1.807) is 48.4 Å². The van der Waals surface area contributed by atoms with E-state index in [2.05, 4.69) is 10.1 Å². The number of alkyl halides is 3. The van der Waals surface area contributed by atoms with Crippen molar-refractivity contribution in [3.63, 3.8) is 0 Å². The van der Waals surface area contributed by atoms with Gasteiger partial charge in [0.2, 0.25) is 0 Å². The molecule has 1 aromatic carbocycles. The zero-order valence-corrected chi connectivity index (χ0v) is 17.2. The first-order chi connectivity index (χ1) is 15.3. The van der Waals surface area contributed by atoms with Gasteiger partial charge in [0.1, 0.15) is 0 Å². The fourth-order valence-electron chi connectivity index (χ4n) is 3.70. The highest BCUT2D eigenvalue weighted by molar-refractivity contribution is 6.06. The van der Waals surface area contributed by atoms with Gasteiger partial charge >= 0.3 is 6.18 Å². The van der Waals surface area contributed by atoms with E-state index < -0.39 is 11.7 Å². The monoisotopic (exact) mass is 436 g/mol. The normalized spacial score (nSPS) is 14.0. The summed E-state index contributed by atoms with van der Waals surface area (Å²) < 4.78 is 40.3. The van der Waals surface area contributed by atoms with Gasteiger partial charge in [0.15, 0.2) is 0 Å². The summed E-state index contributed by atoms with van der Waals surface area (Å²) in [5.74, 6) is 0.324. The maximum Gasteiger partial charge on any atom is 0.416 e. The Morgan fingerprint density at radius 2 is 1.81 bits per heavy atom. The van der Waals surface area contributed by atoms with E-state index in [0.29, 0.717) is 33.8 Å². The standard InChI is InChI=1S/C24H19F3N4O/c1-30(23(32)17-6-9-21(28-13-17)16-2-3-16)19-10-11-31-22(12-19)20(14-29-31)15-4-7-18(8-5-15)24(25,26)27/h4-14,16H,2-3H2,1H3. The molecule has 0 N–H and O–H groups in total. The molecule has 1 aliphatic rings. The lowest BCUT2D eigenvalue weighted by Crippen LogP contribution is -2.26.